The molecule has 3 rings (SSSR count). The molecule has 0 fully saturated rings. The Hall–Kier alpha value is -3.22. The first-order chi connectivity index (χ1) is 12.5. The maximum atomic E-state index is 13.1. The quantitative estimate of drug-likeness (QED) is 0.731. The SMILES string of the molecule is Cc1cccnc1[C@@H](C)NC(=O)c1coc(COc2cccc(F)c2)n1. The van der Waals surface area contributed by atoms with E-state index in [4.69, 9.17) is 9.15 Å². The molecule has 134 valence electrons. The van der Waals surface area contributed by atoms with Crippen LogP contribution in [0.25, 0.3) is 0 Å². The van der Waals surface area contributed by atoms with Crippen LogP contribution in [-0.4, -0.2) is 15.9 Å². The van der Waals surface area contributed by atoms with Gasteiger partial charge in [0, 0.05) is 12.3 Å². The number of carbonyl (C=O) groups is 1. The summed E-state index contributed by atoms with van der Waals surface area (Å²) in [5.41, 5.74) is 1.92. The van der Waals surface area contributed by atoms with Crippen LogP contribution < -0.4 is 10.1 Å². The van der Waals surface area contributed by atoms with Crippen molar-refractivity contribution in [1.29, 1.82) is 0 Å². The smallest absolute Gasteiger partial charge is 0.273 e. The van der Waals surface area contributed by atoms with Gasteiger partial charge in [0.2, 0.25) is 5.89 Å². The fourth-order valence-electron chi connectivity index (χ4n) is 2.47. The summed E-state index contributed by atoms with van der Waals surface area (Å²) in [5.74, 6) is -0.188. The standard InChI is InChI=1S/C19H18FN3O3/c1-12-5-4-8-21-18(12)13(2)22-19(24)16-10-26-17(23-16)11-25-15-7-3-6-14(20)9-15/h3-10,13H,11H2,1-2H3,(H,22,24)/t13-/m1/s1. The lowest BCUT2D eigenvalue weighted by atomic mass is 10.1. The number of oxazole rings is 1. The van der Waals surface area contributed by atoms with Crippen LogP contribution in [0.3, 0.4) is 0 Å². The molecule has 0 unspecified atom stereocenters. The van der Waals surface area contributed by atoms with Crippen LogP contribution in [0.5, 0.6) is 5.75 Å². The first kappa shape index (κ1) is 17.6. The number of aryl methyl sites for hydroxylation is 1. The predicted octanol–water partition coefficient (Wildman–Crippen LogP) is 3.59. The van der Waals surface area contributed by atoms with Gasteiger partial charge in [0.25, 0.3) is 5.91 Å². The van der Waals surface area contributed by atoms with Crippen molar-refractivity contribution < 1.29 is 18.3 Å². The Labute approximate surface area is 150 Å². The average molecular weight is 355 g/mol. The second-order valence-electron chi connectivity index (χ2n) is 5.77. The van der Waals surface area contributed by atoms with E-state index in [1.54, 1.807) is 18.3 Å². The van der Waals surface area contributed by atoms with Crippen LogP contribution >= 0.6 is 0 Å². The molecule has 1 aromatic carbocycles. The minimum atomic E-state index is -0.395. The van der Waals surface area contributed by atoms with Gasteiger partial charge >= 0.3 is 0 Å². The number of ether oxygens (including phenoxy) is 1. The van der Waals surface area contributed by atoms with Crippen molar-refractivity contribution in [2.45, 2.75) is 26.5 Å². The van der Waals surface area contributed by atoms with Crippen molar-refractivity contribution in [3.8, 4) is 5.75 Å². The van der Waals surface area contributed by atoms with E-state index in [2.05, 4.69) is 15.3 Å². The molecule has 0 aliphatic carbocycles. The summed E-state index contributed by atoms with van der Waals surface area (Å²) in [6.45, 7) is 3.77. The first-order valence-corrected chi connectivity index (χ1v) is 8.08. The molecule has 0 saturated heterocycles. The largest absolute Gasteiger partial charge is 0.484 e. The lowest BCUT2D eigenvalue weighted by Gasteiger charge is -2.14. The molecule has 26 heavy (non-hydrogen) atoms. The van der Waals surface area contributed by atoms with Gasteiger partial charge in [-0.2, -0.15) is 0 Å². The third-order valence-corrected chi connectivity index (χ3v) is 3.75. The van der Waals surface area contributed by atoms with E-state index >= 15 is 0 Å². The molecule has 2 aromatic heterocycles. The molecule has 3 aromatic rings. The van der Waals surface area contributed by atoms with E-state index in [1.165, 1.54) is 18.4 Å². The number of benzene rings is 1. The van der Waals surface area contributed by atoms with Crippen molar-refractivity contribution in [2.75, 3.05) is 0 Å². The summed E-state index contributed by atoms with van der Waals surface area (Å²) >= 11 is 0. The Morgan fingerprint density at radius 3 is 2.96 bits per heavy atom. The number of pyridine rings is 1. The molecule has 1 N–H and O–H groups in total. The molecule has 0 saturated carbocycles. The molecule has 1 atom stereocenters. The highest BCUT2D eigenvalue weighted by molar-refractivity contribution is 5.92. The number of amides is 1. The minimum absolute atomic E-state index is 0.00830. The van der Waals surface area contributed by atoms with Crippen LogP contribution in [-0.2, 0) is 6.61 Å². The summed E-state index contributed by atoms with van der Waals surface area (Å²) in [5, 5.41) is 2.83. The van der Waals surface area contributed by atoms with Gasteiger partial charge in [-0.1, -0.05) is 12.1 Å². The first-order valence-electron chi connectivity index (χ1n) is 8.08. The van der Waals surface area contributed by atoms with Gasteiger partial charge in [-0.05, 0) is 37.6 Å². The molecule has 0 bridgehead atoms. The Kier molecular flexibility index (Phi) is 5.26. The predicted molar refractivity (Wildman–Crippen MR) is 92.1 cm³/mol. The molecular formula is C19H18FN3O3. The molecule has 0 radical (unpaired) electrons. The number of nitrogens with one attached hydrogen (secondary N) is 1. The summed E-state index contributed by atoms with van der Waals surface area (Å²) in [7, 11) is 0. The number of carbonyl (C=O) groups excluding carboxylic acids is 1. The van der Waals surface area contributed by atoms with E-state index in [1.807, 2.05) is 26.0 Å². The van der Waals surface area contributed by atoms with Crippen molar-refractivity contribution in [3.63, 3.8) is 0 Å². The number of rotatable bonds is 6. The highest BCUT2D eigenvalue weighted by atomic mass is 19.1. The molecule has 2 heterocycles. The number of halogens is 1. The lowest BCUT2D eigenvalue weighted by Crippen LogP contribution is -2.28. The summed E-state index contributed by atoms with van der Waals surface area (Å²) in [6, 6.07) is 9.25. The minimum Gasteiger partial charge on any atom is -0.484 e. The van der Waals surface area contributed by atoms with Crippen LogP contribution in [0.1, 0.15) is 40.6 Å². The second kappa shape index (κ2) is 7.77. The van der Waals surface area contributed by atoms with E-state index in [9.17, 15) is 9.18 Å². The summed E-state index contributed by atoms with van der Waals surface area (Å²) in [6.07, 6.45) is 2.94. The Morgan fingerprint density at radius 1 is 1.35 bits per heavy atom. The normalized spacial score (nSPS) is 11.8. The molecule has 1 amide bonds. The van der Waals surface area contributed by atoms with Gasteiger partial charge in [-0.15, -0.1) is 0 Å². The van der Waals surface area contributed by atoms with Crippen molar-refractivity contribution in [3.05, 3.63) is 77.5 Å². The number of nitrogens with zero attached hydrogens (tertiary/aromatic N) is 2. The molecule has 0 aliphatic heterocycles. The van der Waals surface area contributed by atoms with Crippen LogP contribution in [0, 0.1) is 12.7 Å². The Balaban J connectivity index is 1.60. The van der Waals surface area contributed by atoms with E-state index in [-0.39, 0.29) is 30.1 Å². The zero-order valence-electron chi connectivity index (χ0n) is 14.4. The highest BCUT2D eigenvalue weighted by Gasteiger charge is 2.17. The number of aromatic nitrogens is 2. The second-order valence-corrected chi connectivity index (χ2v) is 5.77. The Bertz CT molecular complexity index is 910. The third kappa shape index (κ3) is 4.24. The zero-order valence-corrected chi connectivity index (χ0v) is 14.4. The molecule has 0 aliphatic rings. The van der Waals surface area contributed by atoms with Gasteiger partial charge in [0.1, 0.15) is 17.8 Å². The van der Waals surface area contributed by atoms with E-state index < -0.39 is 5.82 Å². The van der Waals surface area contributed by atoms with E-state index in [0.717, 1.165) is 11.3 Å². The fourth-order valence-corrected chi connectivity index (χ4v) is 2.47. The number of hydrogen-bond acceptors (Lipinski definition) is 5. The maximum absolute atomic E-state index is 13.1. The van der Waals surface area contributed by atoms with Gasteiger partial charge in [-0.25, -0.2) is 9.37 Å². The topological polar surface area (TPSA) is 77.2 Å². The van der Waals surface area contributed by atoms with Crippen LogP contribution in [0.4, 0.5) is 4.39 Å². The fraction of sp³-hybridized carbons (Fsp3) is 0.211. The van der Waals surface area contributed by atoms with Crippen molar-refractivity contribution in [1.82, 2.24) is 15.3 Å². The monoisotopic (exact) mass is 355 g/mol. The van der Waals surface area contributed by atoms with Gasteiger partial charge in [0.15, 0.2) is 12.3 Å². The van der Waals surface area contributed by atoms with Crippen molar-refractivity contribution >= 4 is 5.91 Å². The number of hydrogen-bond donors (Lipinski definition) is 1. The van der Waals surface area contributed by atoms with Crippen LogP contribution in [0.15, 0.2) is 53.3 Å². The highest BCUT2D eigenvalue weighted by Crippen LogP contribution is 2.16. The zero-order chi connectivity index (χ0) is 18.5. The lowest BCUT2D eigenvalue weighted by molar-refractivity contribution is 0.0934. The molecule has 6 nitrogen and oxygen atoms in total. The molecule has 0 spiro atoms. The van der Waals surface area contributed by atoms with Crippen LogP contribution in [0.2, 0.25) is 0 Å². The molecular weight excluding hydrogens is 337 g/mol. The van der Waals surface area contributed by atoms with E-state index in [0.29, 0.717) is 5.75 Å². The van der Waals surface area contributed by atoms with Gasteiger partial charge in [-0.3, -0.25) is 9.78 Å². The maximum Gasteiger partial charge on any atom is 0.273 e. The van der Waals surface area contributed by atoms with Gasteiger partial charge in [0.05, 0.1) is 11.7 Å². The Morgan fingerprint density at radius 2 is 2.19 bits per heavy atom. The summed E-state index contributed by atoms with van der Waals surface area (Å²) in [4.78, 5) is 20.7. The molecule has 7 heteroatoms. The third-order valence-electron chi connectivity index (χ3n) is 3.75. The average Bonchev–Trinajstić information content (AvgIpc) is 3.09. The van der Waals surface area contributed by atoms with Gasteiger partial charge < -0.3 is 14.5 Å². The van der Waals surface area contributed by atoms with Crippen molar-refractivity contribution in [2.24, 2.45) is 0 Å². The summed E-state index contributed by atoms with van der Waals surface area (Å²) < 4.78 is 23.8.